The Kier molecular flexibility index (Phi) is 6.52. The first-order chi connectivity index (χ1) is 24.8. The molecule has 0 fully saturated rings. The van der Waals surface area contributed by atoms with Gasteiger partial charge in [0.1, 0.15) is 11.3 Å². The third kappa shape index (κ3) is 4.57. The Labute approximate surface area is 289 Å². The molecule has 5 aromatic carbocycles. The van der Waals surface area contributed by atoms with Crippen LogP contribution in [0.15, 0.2) is 162 Å². The number of hydrogen-bond donors (Lipinski definition) is 0. The van der Waals surface area contributed by atoms with Crippen LogP contribution in [0.1, 0.15) is 22.8 Å². The average molecular weight is 644 g/mol. The fourth-order valence-electron chi connectivity index (χ4n) is 7.53. The average Bonchev–Trinajstić information content (AvgIpc) is 3.74. The lowest BCUT2D eigenvalue weighted by atomic mass is 9.82. The topological polar surface area (TPSA) is 67.9 Å². The number of aromatic nitrogens is 4. The molecular weight excluding hydrogens is 615 g/mol. The van der Waals surface area contributed by atoms with Crippen LogP contribution in [0, 0.1) is 0 Å². The minimum Gasteiger partial charge on any atom is -0.456 e. The SMILES string of the molecule is C1=CC2C(c3ccccc3N2c2ccccc2)c2c1oc1c(-c3ccccn3)cc(-c3nc(-c4ccccc4)nc(-c4ccccc4)n3)cc21. The summed E-state index contributed by atoms with van der Waals surface area (Å²) in [5.41, 5.74) is 10.1. The smallest absolute Gasteiger partial charge is 0.164 e. The monoisotopic (exact) mass is 643 g/mol. The molecule has 236 valence electrons. The zero-order valence-corrected chi connectivity index (χ0v) is 26.9. The number of hydrogen-bond acceptors (Lipinski definition) is 6. The number of benzene rings is 5. The standard InChI is InChI=1S/C44H29N5O/c1-4-14-28(15-5-1)42-46-43(29-16-6-2-7-17-29)48-44(47-42)30-26-33(35-21-12-13-25-45-35)41-34(27-30)40-38(50-41)24-23-37-39(40)32-20-10-11-22-36(32)49(37)31-18-8-3-9-19-31/h1-27,37,39H. The molecule has 1 aliphatic carbocycles. The van der Waals surface area contributed by atoms with Gasteiger partial charge in [0.2, 0.25) is 0 Å². The van der Waals surface area contributed by atoms with Crippen molar-refractivity contribution in [2.24, 2.45) is 0 Å². The van der Waals surface area contributed by atoms with E-state index in [1.807, 2.05) is 85.1 Å². The lowest BCUT2D eigenvalue weighted by Gasteiger charge is -2.30. The molecule has 2 atom stereocenters. The fraction of sp³-hybridized carbons (Fsp3) is 0.0455. The van der Waals surface area contributed by atoms with Gasteiger partial charge in [0, 0.05) is 56.7 Å². The number of pyridine rings is 1. The molecule has 0 bridgehead atoms. The molecule has 0 saturated heterocycles. The van der Waals surface area contributed by atoms with Crippen molar-refractivity contribution < 1.29 is 4.42 Å². The van der Waals surface area contributed by atoms with Crippen molar-refractivity contribution in [3.05, 3.63) is 175 Å². The molecule has 0 N–H and O–H groups in total. The summed E-state index contributed by atoms with van der Waals surface area (Å²) < 4.78 is 6.82. The van der Waals surface area contributed by atoms with Crippen molar-refractivity contribution in [3.63, 3.8) is 0 Å². The van der Waals surface area contributed by atoms with Crippen molar-refractivity contribution in [1.82, 2.24) is 19.9 Å². The van der Waals surface area contributed by atoms with Gasteiger partial charge in [-0.05, 0) is 54.1 Å². The highest BCUT2D eigenvalue weighted by Gasteiger charge is 2.43. The van der Waals surface area contributed by atoms with Crippen LogP contribution >= 0.6 is 0 Å². The molecule has 2 unspecified atom stereocenters. The van der Waals surface area contributed by atoms with Crippen molar-refractivity contribution in [1.29, 1.82) is 0 Å². The normalized spacial score (nSPS) is 15.9. The van der Waals surface area contributed by atoms with E-state index in [9.17, 15) is 0 Å². The van der Waals surface area contributed by atoms with E-state index in [0.29, 0.717) is 17.5 Å². The van der Waals surface area contributed by atoms with Gasteiger partial charge in [-0.1, -0.05) is 109 Å². The number of para-hydroxylation sites is 2. The van der Waals surface area contributed by atoms with Crippen LogP contribution in [0.3, 0.4) is 0 Å². The molecule has 50 heavy (non-hydrogen) atoms. The first kappa shape index (κ1) is 28.4. The van der Waals surface area contributed by atoms with Crippen LogP contribution in [-0.2, 0) is 0 Å². The van der Waals surface area contributed by atoms with Crippen LogP contribution in [0.25, 0.3) is 62.5 Å². The number of furan rings is 1. The maximum Gasteiger partial charge on any atom is 0.164 e. The third-order valence-electron chi connectivity index (χ3n) is 9.72. The van der Waals surface area contributed by atoms with Crippen LogP contribution in [0.2, 0.25) is 0 Å². The summed E-state index contributed by atoms with van der Waals surface area (Å²) in [7, 11) is 0. The summed E-state index contributed by atoms with van der Waals surface area (Å²) in [6.07, 6.45) is 6.25. The Morgan fingerprint density at radius 3 is 1.88 bits per heavy atom. The Hall–Kier alpha value is -6.66. The number of rotatable bonds is 5. The van der Waals surface area contributed by atoms with E-state index < -0.39 is 0 Å². The second-order valence-electron chi connectivity index (χ2n) is 12.6. The summed E-state index contributed by atoms with van der Waals surface area (Å²) in [5.74, 6) is 2.75. The van der Waals surface area contributed by atoms with Gasteiger partial charge in [-0.25, -0.2) is 15.0 Å². The quantitative estimate of drug-likeness (QED) is 0.186. The molecule has 0 radical (unpaired) electrons. The molecule has 1 aliphatic heterocycles. The van der Waals surface area contributed by atoms with Gasteiger partial charge in [0.05, 0.1) is 11.7 Å². The molecule has 0 spiro atoms. The fourth-order valence-corrected chi connectivity index (χ4v) is 7.53. The maximum absolute atomic E-state index is 6.82. The molecule has 6 nitrogen and oxygen atoms in total. The second kappa shape index (κ2) is 11.5. The molecule has 8 aromatic rings. The summed E-state index contributed by atoms with van der Waals surface area (Å²) in [6, 6.07) is 49.9. The predicted molar refractivity (Wildman–Crippen MR) is 199 cm³/mol. The van der Waals surface area contributed by atoms with Gasteiger partial charge < -0.3 is 9.32 Å². The molecule has 0 saturated carbocycles. The highest BCUT2D eigenvalue weighted by atomic mass is 16.3. The molecule has 2 aliphatic rings. The van der Waals surface area contributed by atoms with Crippen LogP contribution in [0.5, 0.6) is 0 Å². The maximum atomic E-state index is 6.82. The molecule has 0 amide bonds. The summed E-state index contributed by atoms with van der Waals surface area (Å²) >= 11 is 0. The molecule has 4 heterocycles. The van der Waals surface area contributed by atoms with Crippen molar-refractivity contribution in [2.45, 2.75) is 12.0 Å². The van der Waals surface area contributed by atoms with Gasteiger partial charge in [-0.15, -0.1) is 0 Å². The number of fused-ring (bicyclic) bond motifs is 7. The minimum absolute atomic E-state index is 0.0533. The van der Waals surface area contributed by atoms with E-state index in [0.717, 1.165) is 55.9 Å². The van der Waals surface area contributed by atoms with Crippen LogP contribution < -0.4 is 4.90 Å². The lowest BCUT2D eigenvalue weighted by molar-refractivity contribution is 0.584. The van der Waals surface area contributed by atoms with Gasteiger partial charge >= 0.3 is 0 Å². The predicted octanol–water partition coefficient (Wildman–Crippen LogP) is 10.4. The van der Waals surface area contributed by atoms with Gasteiger partial charge in [-0.2, -0.15) is 0 Å². The van der Waals surface area contributed by atoms with E-state index >= 15 is 0 Å². The Balaban J connectivity index is 1.23. The zero-order valence-electron chi connectivity index (χ0n) is 26.9. The van der Waals surface area contributed by atoms with E-state index in [4.69, 9.17) is 24.4 Å². The molecule has 6 heteroatoms. The molecule has 3 aromatic heterocycles. The second-order valence-corrected chi connectivity index (χ2v) is 12.6. The third-order valence-corrected chi connectivity index (χ3v) is 9.72. The van der Waals surface area contributed by atoms with Crippen LogP contribution in [-0.4, -0.2) is 26.0 Å². The molecular formula is C44H29N5O. The Bertz CT molecular complexity index is 2490. The lowest BCUT2D eigenvalue weighted by Crippen LogP contribution is -2.30. The molecule has 10 rings (SSSR count). The van der Waals surface area contributed by atoms with E-state index in [2.05, 4.69) is 83.8 Å². The van der Waals surface area contributed by atoms with Crippen LogP contribution in [0.4, 0.5) is 11.4 Å². The highest BCUT2D eigenvalue weighted by Crippen LogP contribution is 2.54. The Morgan fingerprint density at radius 2 is 1.20 bits per heavy atom. The summed E-state index contributed by atoms with van der Waals surface area (Å²) in [6.45, 7) is 0. The number of anilines is 2. The number of nitrogens with zero attached hydrogens (tertiary/aromatic N) is 5. The largest absolute Gasteiger partial charge is 0.456 e. The van der Waals surface area contributed by atoms with Crippen molar-refractivity contribution >= 4 is 28.4 Å². The first-order valence-corrected chi connectivity index (χ1v) is 16.8. The van der Waals surface area contributed by atoms with Crippen molar-refractivity contribution in [2.75, 3.05) is 4.90 Å². The zero-order chi connectivity index (χ0) is 33.0. The summed E-state index contributed by atoms with van der Waals surface area (Å²) in [4.78, 5) is 22.4. The first-order valence-electron chi connectivity index (χ1n) is 16.8. The van der Waals surface area contributed by atoms with Gasteiger partial charge in [-0.3, -0.25) is 4.98 Å². The van der Waals surface area contributed by atoms with Crippen molar-refractivity contribution in [3.8, 4) is 45.4 Å². The van der Waals surface area contributed by atoms with E-state index in [-0.39, 0.29) is 12.0 Å². The Morgan fingerprint density at radius 1 is 0.580 bits per heavy atom. The van der Waals surface area contributed by atoms with Gasteiger partial charge in [0.25, 0.3) is 0 Å². The van der Waals surface area contributed by atoms with Gasteiger partial charge in [0.15, 0.2) is 17.5 Å². The van der Waals surface area contributed by atoms with E-state index in [1.165, 1.54) is 11.3 Å². The minimum atomic E-state index is 0.0533. The van der Waals surface area contributed by atoms with E-state index in [1.54, 1.807) is 0 Å². The summed E-state index contributed by atoms with van der Waals surface area (Å²) in [5, 5.41) is 1.03. The highest BCUT2D eigenvalue weighted by molar-refractivity contribution is 6.00.